The largest absolute Gasteiger partial charge is 0.481 e. The maximum atomic E-state index is 12.8. The van der Waals surface area contributed by atoms with Gasteiger partial charge in [-0.15, -0.1) is 0 Å². The van der Waals surface area contributed by atoms with Gasteiger partial charge < -0.3 is 10.2 Å². The fraction of sp³-hybridized carbons (Fsp3) is 0.875. The molecule has 36 heavy (non-hydrogen) atoms. The van der Waals surface area contributed by atoms with Gasteiger partial charge >= 0.3 is 5.97 Å². The van der Waals surface area contributed by atoms with Crippen LogP contribution in [0.5, 0.6) is 0 Å². The molecule has 4 fully saturated rings. The van der Waals surface area contributed by atoms with Crippen LogP contribution in [0.15, 0.2) is 11.6 Å². The van der Waals surface area contributed by atoms with Crippen molar-refractivity contribution in [1.29, 1.82) is 0 Å². The Morgan fingerprint density at radius 1 is 0.861 bits per heavy atom. The molecule has 8 unspecified atom stereocenters. The second kappa shape index (κ2) is 7.48. The molecule has 0 aromatic heterocycles. The van der Waals surface area contributed by atoms with Crippen molar-refractivity contribution in [1.82, 2.24) is 0 Å². The molecule has 0 radical (unpaired) electrons. The molecule has 0 bridgehead atoms. The number of aliphatic hydroxyl groups is 1. The molecule has 5 aliphatic carbocycles. The number of Topliss-reactive ketones (excluding diaryl/α,β-unsaturated/α-hetero) is 1. The van der Waals surface area contributed by atoms with Crippen LogP contribution in [-0.2, 0) is 9.59 Å². The molecular formula is C32H50O4. The third-order valence-electron chi connectivity index (χ3n) is 13.9. The van der Waals surface area contributed by atoms with Gasteiger partial charge in [-0.25, -0.2) is 0 Å². The summed E-state index contributed by atoms with van der Waals surface area (Å²) in [5.74, 6) is 0.234. The van der Waals surface area contributed by atoms with Crippen LogP contribution >= 0.6 is 0 Å². The highest BCUT2D eigenvalue weighted by Crippen LogP contribution is 2.76. The molecule has 4 saturated carbocycles. The minimum atomic E-state index is -1.25. The quantitative estimate of drug-likeness (QED) is 0.395. The Kier molecular flexibility index (Phi) is 5.50. The fourth-order valence-corrected chi connectivity index (χ4v) is 11.2. The predicted molar refractivity (Wildman–Crippen MR) is 142 cm³/mol. The number of hydrogen-bond donors (Lipinski definition) is 2. The van der Waals surface area contributed by atoms with Crippen molar-refractivity contribution < 1.29 is 19.8 Å². The maximum absolute atomic E-state index is 12.8. The van der Waals surface area contributed by atoms with Crippen LogP contribution in [0.25, 0.3) is 0 Å². The predicted octanol–water partition coefficient (Wildman–Crippen LogP) is 7.19. The van der Waals surface area contributed by atoms with E-state index in [2.05, 4.69) is 54.5 Å². The average molecular weight is 499 g/mol. The third kappa shape index (κ3) is 2.97. The minimum absolute atomic E-state index is 0.000593. The Hall–Kier alpha value is -1.16. The Balaban J connectivity index is 1.59. The monoisotopic (exact) mass is 498 g/mol. The molecule has 8 atom stereocenters. The van der Waals surface area contributed by atoms with E-state index in [0.717, 1.165) is 57.8 Å². The zero-order valence-electron chi connectivity index (χ0n) is 24.1. The van der Waals surface area contributed by atoms with Crippen LogP contribution in [0.2, 0.25) is 0 Å². The normalized spacial score (nSPS) is 51.0. The van der Waals surface area contributed by atoms with E-state index in [-0.39, 0.29) is 33.4 Å². The summed E-state index contributed by atoms with van der Waals surface area (Å²) < 4.78 is 0. The van der Waals surface area contributed by atoms with Crippen LogP contribution in [0.4, 0.5) is 0 Å². The van der Waals surface area contributed by atoms with E-state index in [9.17, 15) is 19.8 Å². The first kappa shape index (κ1) is 26.4. The molecule has 2 N–H and O–H groups in total. The Bertz CT molecular complexity index is 1020. The summed E-state index contributed by atoms with van der Waals surface area (Å²) in [7, 11) is 0. The first-order valence-electron chi connectivity index (χ1n) is 14.6. The lowest BCUT2D eigenvalue weighted by Gasteiger charge is -2.72. The smallest absolute Gasteiger partial charge is 0.310 e. The summed E-state index contributed by atoms with van der Waals surface area (Å²) in [6.45, 7) is 17.9. The minimum Gasteiger partial charge on any atom is -0.481 e. The summed E-state index contributed by atoms with van der Waals surface area (Å²) in [6.07, 6.45) is 11.5. The lowest BCUT2D eigenvalue weighted by atomic mass is 9.32. The van der Waals surface area contributed by atoms with Crippen LogP contribution in [-0.4, -0.2) is 27.6 Å². The number of carbonyl (C=O) groups excluding carboxylic acids is 1. The van der Waals surface area contributed by atoms with E-state index in [1.807, 2.05) is 0 Å². The molecule has 5 aliphatic rings. The van der Waals surface area contributed by atoms with Gasteiger partial charge in [-0.2, -0.15) is 0 Å². The molecule has 0 amide bonds. The lowest BCUT2D eigenvalue weighted by molar-refractivity contribution is -0.230. The van der Waals surface area contributed by atoms with Crippen molar-refractivity contribution in [3.8, 4) is 0 Å². The topological polar surface area (TPSA) is 74.6 Å². The zero-order valence-corrected chi connectivity index (χ0v) is 24.1. The highest BCUT2D eigenvalue weighted by Gasteiger charge is 2.71. The van der Waals surface area contributed by atoms with E-state index in [4.69, 9.17) is 0 Å². The van der Waals surface area contributed by atoms with Crippen molar-refractivity contribution in [3.63, 3.8) is 0 Å². The second-order valence-corrected chi connectivity index (χ2v) is 15.8. The average Bonchev–Trinajstić information content (AvgIpc) is 2.76. The van der Waals surface area contributed by atoms with Crippen LogP contribution < -0.4 is 0 Å². The second-order valence-electron chi connectivity index (χ2n) is 15.8. The number of hydrogen-bond acceptors (Lipinski definition) is 3. The highest BCUT2D eigenvalue weighted by atomic mass is 16.4. The van der Waals surface area contributed by atoms with E-state index in [1.165, 1.54) is 5.57 Å². The molecule has 0 aromatic carbocycles. The molecule has 0 heterocycles. The SMILES string of the molecule is CC(=O)C1(O)CCC2(C)C(CCC3(C)C2CC=C2C4CC(C)(C)CCC4(C(=O)O)CCC23C)C1(C)C. The van der Waals surface area contributed by atoms with E-state index >= 15 is 0 Å². The van der Waals surface area contributed by atoms with Gasteiger partial charge in [0.1, 0.15) is 5.60 Å². The summed E-state index contributed by atoms with van der Waals surface area (Å²) >= 11 is 0. The number of ketones is 1. The Morgan fingerprint density at radius 3 is 2.11 bits per heavy atom. The van der Waals surface area contributed by atoms with Gasteiger partial charge in [-0.1, -0.05) is 60.1 Å². The number of aliphatic carboxylic acids is 1. The highest BCUT2D eigenvalue weighted by molar-refractivity contribution is 5.86. The standard InChI is InChI=1S/C32H50O4/c1-20(33)32(36)18-14-28(6)23(27(32,4)5)11-12-30(8)24(28)10-9-21-22-19-26(2,3)13-16-31(22,25(34)35)17-15-29(21,30)7/h9,22-24,36H,10-19H2,1-8H3,(H,34,35). The van der Waals surface area contributed by atoms with E-state index in [0.29, 0.717) is 18.3 Å². The van der Waals surface area contributed by atoms with Crippen molar-refractivity contribution in [2.45, 2.75) is 125 Å². The summed E-state index contributed by atoms with van der Waals surface area (Å²) in [6, 6.07) is 0. The van der Waals surface area contributed by atoms with E-state index < -0.39 is 22.4 Å². The number of carboxylic acid groups (broad SMARTS) is 1. The molecule has 0 aliphatic heterocycles. The van der Waals surface area contributed by atoms with Crippen LogP contribution in [0, 0.1) is 50.2 Å². The number of allylic oxidation sites excluding steroid dienone is 2. The van der Waals surface area contributed by atoms with Crippen molar-refractivity contribution in [3.05, 3.63) is 11.6 Å². The molecule has 0 spiro atoms. The molecule has 0 saturated heterocycles. The molecule has 0 aromatic rings. The van der Waals surface area contributed by atoms with Crippen molar-refractivity contribution in [2.75, 3.05) is 0 Å². The van der Waals surface area contributed by atoms with Gasteiger partial charge in [-0.05, 0) is 111 Å². The van der Waals surface area contributed by atoms with Gasteiger partial charge in [0.2, 0.25) is 0 Å². The summed E-state index contributed by atoms with van der Waals surface area (Å²) in [5.41, 5.74) is -0.530. The van der Waals surface area contributed by atoms with Crippen molar-refractivity contribution in [2.24, 2.45) is 50.2 Å². The fourth-order valence-electron chi connectivity index (χ4n) is 11.2. The number of carbonyl (C=O) groups is 2. The third-order valence-corrected chi connectivity index (χ3v) is 13.9. The van der Waals surface area contributed by atoms with Crippen LogP contribution in [0.3, 0.4) is 0 Å². The Morgan fingerprint density at radius 2 is 1.50 bits per heavy atom. The lowest BCUT2D eigenvalue weighted by Crippen LogP contribution is -2.68. The molecule has 4 nitrogen and oxygen atoms in total. The molecule has 4 heteroatoms. The van der Waals surface area contributed by atoms with Gasteiger partial charge in [-0.3, -0.25) is 9.59 Å². The molecular weight excluding hydrogens is 448 g/mol. The number of carboxylic acids is 1. The van der Waals surface area contributed by atoms with Gasteiger partial charge in [0.15, 0.2) is 5.78 Å². The Labute approximate surface area is 218 Å². The summed E-state index contributed by atoms with van der Waals surface area (Å²) in [5, 5.41) is 22.1. The molecule has 202 valence electrons. The van der Waals surface area contributed by atoms with E-state index in [1.54, 1.807) is 6.92 Å². The van der Waals surface area contributed by atoms with Gasteiger partial charge in [0.05, 0.1) is 5.41 Å². The number of fused-ring (bicyclic) bond motifs is 7. The number of rotatable bonds is 2. The first-order chi connectivity index (χ1) is 16.4. The zero-order chi connectivity index (χ0) is 26.7. The van der Waals surface area contributed by atoms with Gasteiger partial charge in [0, 0.05) is 5.41 Å². The van der Waals surface area contributed by atoms with Gasteiger partial charge in [0.25, 0.3) is 0 Å². The molecule has 5 rings (SSSR count). The van der Waals surface area contributed by atoms with Crippen LogP contribution in [0.1, 0.15) is 120 Å². The maximum Gasteiger partial charge on any atom is 0.310 e. The van der Waals surface area contributed by atoms with Crippen molar-refractivity contribution >= 4 is 11.8 Å². The summed E-state index contributed by atoms with van der Waals surface area (Å²) in [4.78, 5) is 25.5. The first-order valence-corrected chi connectivity index (χ1v) is 14.6.